The third kappa shape index (κ3) is 2.80. The van der Waals surface area contributed by atoms with E-state index in [4.69, 9.17) is 17.3 Å². The number of nitrogens with zero attached hydrogens (tertiary/aromatic N) is 5. The van der Waals surface area contributed by atoms with E-state index in [1.165, 1.54) is 10.6 Å². The molecule has 7 nitrogen and oxygen atoms in total. The lowest BCUT2D eigenvalue weighted by Gasteiger charge is -2.27. The van der Waals surface area contributed by atoms with Crippen molar-refractivity contribution in [1.29, 1.82) is 0 Å². The van der Waals surface area contributed by atoms with Crippen molar-refractivity contribution in [3.05, 3.63) is 76.0 Å². The van der Waals surface area contributed by atoms with Crippen molar-refractivity contribution in [2.75, 3.05) is 10.6 Å². The second-order valence-corrected chi connectivity index (χ2v) is 7.96. The lowest BCUT2D eigenvalue weighted by atomic mass is 10.0. The van der Waals surface area contributed by atoms with E-state index in [-0.39, 0.29) is 5.91 Å². The van der Waals surface area contributed by atoms with Crippen molar-refractivity contribution in [2.45, 2.75) is 19.4 Å². The number of halogens is 3. The summed E-state index contributed by atoms with van der Waals surface area (Å²) in [6.45, 7) is 1.74. The van der Waals surface area contributed by atoms with Crippen LogP contribution >= 0.6 is 11.6 Å². The molecule has 5 rings (SSSR count). The molecule has 0 aliphatic carbocycles. The van der Waals surface area contributed by atoms with E-state index in [0.717, 1.165) is 11.3 Å². The zero-order chi connectivity index (χ0) is 22.0. The standard InChI is InChI=1S/C21H17ClF2N6O/c1-10-7-13(8-29-19(10)26-27-20(29)18(23)24)30-16(11-3-5-12(22)6-4-11)17-15(21(30)31)14(25)9-28(17)2/h3-9,16,18H,25H2,1-2H3. The first-order valence-electron chi connectivity index (χ1n) is 9.45. The number of benzene rings is 1. The summed E-state index contributed by atoms with van der Waals surface area (Å²) >= 11 is 6.06. The normalized spacial score (nSPS) is 16.0. The molecule has 4 aromatic rings. The number of hydrogen-bond acceptors (Lipinski definition) is 4. The number of carbonyl (C=O) groups excluding carboxylic acids is 1. The van der Waals surface area contributed by atoms with Gasteiger partial charge >= 0.3 is 0 Å². The molecule has 1 atom stereocenters. The van der Waals surface area contributed by atoms with Crippen molar-refractivity contribution in [1.82, 2.24) is 19.2 Å². The number of aryl methyl sites for hydroxylation is 2. The highest BCUT2D eigenvalue weighted by molar-refractivity contribution is 6.30. The fourth-order valence-corrected chi connectivity index (χ4v) is 4.37. The minimum Gasteiger partial charge on any atom is -0.397 e. The van der Waals surface area contributed by atoms with E-state index in [1.807, 2.05) is 23.7 Å². The van der Waals surface area contributed by atoms with Crippen LogP contribution in [0.15, 0.2) is 42.7 Å². The number of nitrogen functional groups attached to an aromatic ring is 1. The van der Waals surface area contributed by atoms with Crippen LogP contribution in [-0.4, -0.2) is 25.1 Å². The van der Waals surface area contributed by atoms with Gasteiger partial charge in [0.1, 0.15) is 6.04 Å². The van der Waals surface area contributed by atoms with Crippen LogP contribution in [0.5, 0.6) is 0 Å². The first-order valence-corrected chi connectivity index (χ1v) is 9.83. The summed E-state index contributed by atoms with van der Waals surface area (Å²) in [6, 6.07) is 8.38. The van der Waals surface area contributed by atoms with Gasteiger partial charge in [-0.1, -0.05) is 23.7 Å². The zero-order valence-corrected chi connectivity index (χ0v) is 17.3. The van der Waals surface area contributed by atoms with Crippen LogP contribution in [-0.2, 0) is 7.05 Å². The van der Waals surface area contributed by atoms with Gasteiger partial charge in [0.15, 0.2) is 5.65 Å². The van der Waals surface area contributed by atoms with Crippen LogP contribution in [0, 0.1) is 6.92 Å². The Morgan fingerprint density at radius 3 is 2.55 bits per heavy atom. The molecule has 0 saturated carbocycles. The van der Waals surface area contributed by atoms with Gasteiger partial charge in [0.25, 0.3) is 12.3 Å². The second kappa shape index (κ2) is 6.78. The van der Waals surface area contributed by atoms with Gasteiger partial charge in [-0.15, -0.1) is 10.2 Å². The molecule has 0 radical (unpaired) electrons. The Hall–Kier alpha value is -3.46. The van der Waals surface area contributed by atoms with E-state index in [2.05, 4.69) is 10.2 Å². The molecule has 0 fully saturated rings. The highest BCUT2D eigenvalue weighted by Crippen LogP contribution is 2.44. The number of amides is 1. The molecule has 3 aromatic heterocycles. The predicted molar refractivity (Wildman–Crippen MR) is 113 cm³/mol. The molecule has 1 aromatic carbocycles. The second-order valence-electron chi connectivity index (χ2n) is 7.52. The van der Waals surface area contributed by atoms with Crippen molar-refractivity contribution >= 4 is 34.5 Å². The maximum atomic E-state index is 13.5. The molecule has 10 heteroatoms. The molecule has 1 aliphatic rings. The highest BCUT2D eigenvalue weighted by Gasteiger charge is 2.43. The minimum atomic E-state index is -2.81. The summed E-state index contributed by atoms with van der Waals surface area (Å²) in [6.07, 6.45) is 0.359. The van der Waals surface area contributed by atoms with Crippen molar-refractivity contribution in [3.63, 3.8) is 0 Å². The first-order chi connectivity index (χ1) is 14.8. The number of fused-ring (bicyclic) bond motifs is 2. The average Bonchev–Trinajstić information content (AvgIpc) is 3.36. The molecule has 158 valence electrons. The Labute approximate surface area is 180 Å². The predicted octanol–water partition coefficient (Wildman–Crippen LogP) is 4.30. The topological polar surface area (TPSA) is 81.5 Å². The number of rotatable bonds is 3. The highest BCUT2D eigenvalue weighted by atomic mass is 35.5. The lowest BCUT2D eigenvalue weighted by molar-refractivity contribution is 0.0994. The summed E-state index contributed by atoms with van der Waals surface area (Å²) in [5.41, 5.74) is 9.80. The lowest BCUT2D eigenvalue weighted by Crippen LogP contribution is -2.30. The van der Waals surface area contributed by atoms with Crippen molar-refractivity contribution in [2.24, 2.45) is 7.05 Å². The number of anilines is 2. The molecule has 1 aliphatic heterocycles. The zero-order valence-electron chi connectivity index (χ0n) is 16.6. The van der Waals surface area contributed by atoms with Gasteiger partial charge in [0, 0.05) is 24.5 Å². The summed E-state index contributed by atoms with van der Waals surface area (Å²) in [4.78, 5) is 15.1. The molecule has 1 unspecified atom stereocenters. The number of nitrogens with two attached hydrogens (primary N) is 1. The Morgan fingerprint density at radius 2 is 1.87 bits per heavy atom. The van der Waals surface area contributed by atoms with Gasteiger partial charge in [-0.25, -0.2) is 8.78 Å². The van der Waals surface area contributed by atoms with Crippen LogP contribution < -0.4 is 10.6 Å². The van der Waals surface area contributed by atoms with Gasteiger partial charge < -0.3 is 10.3 Å². The smallest absolute Gasteiger partial charge is 0.297 e. The average molecular weight is 443 g/mol. The van der Waals surface area contributed by atoms with E-state index in [9.17, 15) is 13.6 Å². The van der Waals surface area contributed by atoms with Crippen molar-refractivity contribution < 1.29 is 13.6 Å². The number of hydrogen-bond donors (Lipinski definition) is 1. The molecule has 31 heavy (non-hydrogen) atoms. The van der Waals surface area contributed by atoms with Crippen LogP contribution in [0.25, 0.3) is 5.65 Å². The Bertz CT molecular complexity index is 1340. The summed E-state index contributed by atoms with van der Waals surface area (Å²) in [7, 11) is 1.82. The number of pyridine rings is 1. The van der Waals surface area contributed by atoms with Gasteiger partial charge in [-0.05, 0) is 36.2 Å². The maximum Gasteiger partial charge on any atom is 0.297 e. The molecular weight excluding hydrogens is 426 g/mol. The third-order valence-corrected chi connectivity index (χ3v) is 5.82. The van der Waals surface area contributed by atoms with E-state index >= 15 is 0 Å². The van der Waals surface area contributed by atoms with Crippen LogP contribution in [0.1, 0.15) is 45.5 Å². The SMILES string of the molecule is Cc1cc(N2C(=O)c3c(N)cn(C)c3C2c2ccc(Cl)cc2)cn2c(C(F)F)nnc12. The van der Waals surface area contributed by atoms with Crippen LogP contribution in [0.2, 0.25) is 5.02 Å². The number of alkyl halides is 2. The van der Waals surface area contributed by atoms with Crippen LogP contribution in [0.4, 0.5) is 20.2 Å². The van der Waals surface area contributed by atoms with Crippen LogP contribution in [0.3, 0.4) is 0 Å². The molecule has 0 bridgehead atoms. The largest absolute Gasteiger partial charge is 0.397 e. The fourth-order valence-electron chi connectivity index (χ4n) is 4.24. The van der Waals surface area contributed by atoms with Gasteiger partial charge in [0.05, 0.1) is 22.6 Å². The minimum absolute atomic E-state index is 0.307. The van der Waals surface area contributed by atoms with Gasteiger partial charge in [-0.3, -0.25) is 14.1 Å². The first kappa shape index (κ1) is 19.5. The van der Waals surface area contributed by atoms with E-state index < -0.39 is 18.3 Å². The molecule has 0 spiro atoms. The molecular formula is C21H17ClF2N6O. The summed E-state index contributed by atoms with van der Waals surface area (Å²) in [5, 5.41) is 8.03. The molecule has 2 N–H and O–H groups in total. The quantitative estimate of drug-likeness (QED) is 0.513. The Morgan fingerprint density at radius 1 is 1.16 bits per heavy atom. The summed E-state index contributed by atoms with van der Waals surface area (Å²) < 4.78 is 30.0. The molecule has 0 saturated heterocycles. The van der Waals surface area contributed by atoms with E-state index in [0.29, 0.717) is 33.2 Å². The Kier molecular flexibility index (Phi) is 4.26. The molecule has 4 heterocycles. The number of aromatic nitrogens is 4. The third-order valence-electron chi connectivity index (χ3n) is 5.57. The van der Waals surface area contributed by atoms with Crippen molar-refractivity contribution in [3.8, 4) is 0 Å². The Balaban J connectivity index is 1.75. The number of carbonyl (C=O) groups is 1. The maximum absolute atomic E-state index is 13.5. The summed E-state index contributed by atoms with van der Waals surface area (Å²) in [5.74, 6) is -0.787. The van der Waals surface area contributed by atoms with Gasteiger partial charge in [0.2, 0.25) is 5.82 Å². The monoisotopic (exact) mass is 442 g/mol. The molecule has 1 amide bonds. The van der Waals surface area contributed by atoms with Gasteiger partial charge in [-0.2, -0.15) is 0 Å². The van der Waals surface area contributed by atoms with E-state index in [1.54, 1.807) is 36.2 Å². The fraction of sp³-hybridized carbons (Fsp3) is 0.190.